The molecular formula is C9H13N3S. The Balaban J connectivity index is 2.10. The van der Waals surface area contributed by atoms with Gasteiger partial charge >= 0.3 is 0 Å². The molecule has 0 aliphatic carbocycles. The molecular weight excluding hydrogens is 182 g/mol. The van der Waals surface area contributed by atoms with Crippen LogP contribution in [0.4, 0.5) is 5.82 Å². The number of aryl methyl sites for hydroxylation is 1. The zero-order valence-corrected chi connectivity index (χ0v) is 8.55. The zero-order chi connectivity index (χ0) is 9.10. The second-order valence-corrected chi connectivity index (χ2v) is 4.36. The number of hydrogen-bond acceptors (Lipinski definition) is 4. The Morgan fingerprint density at radius 1 is 1.23 bits per heavy atom. The molecule has 70 valence electrons. The molecule has 0 saturated carbocycles. The topological polar surface area (TPSA) is 29.0 Å². The van der Waals surface area contributed by atoms with E-state index >= 15 is 0 Å². The van der Waals surface area contributed by atoms with Crippen LogP contribution in [0.5, 0.6) is 0 Å². The van der Waals surface area contributed by atoms with Gasteiger partial charge in [-0.3, -0.25) is 0 Å². The molecule has 0 aromatic carbocycles. The Labute approximate surface area is 82.5 Å². The molecule has 0 amide bonds. The SMILES string of the molecule is Cc1ccc(N2CCSCC2)nn1. The highest BCUT2D eigenvalue weighted by molar-refractivity contribution is 7.99. The molecule has 1 aliphatic rings. The van der Waals surface area contributed by atoms with E-state index in [1.807, 2.05) is 24.8 Å². The summed E-state index contributed by atoms with van der Waals surface area (Å²) in [4.78, 5) is 2.29. The molecule has 1 aromatic rings. The molecule has 3 nitrogen and oxygen atoms in total. The fraction of sp³-hybridized carbons (Fsp3) is 0.556. The molecule has 0 N–H and O–H groups in total. The van der Waals surface area contributed by atoms with Gasteiger partial charge in [-0.2, -0.15) is 16.9 Å². The Morgan fingerprint density at radius 3 is 2.62 bits per heavy atom. The van der Waals surface area contributed by atoms with Gasteiger partial charge in [-0.15, -0.1) is 5.10 Å². The lowest BCUT2D eigenvalue weighted by Gasteiger charge is -2.26. The standard InChI is InChI=1S/C9H13N3S/c1-8-2-3-9(11-10-8)12-4-6-13-7-5-12/h2-3H,4-7H2,1H3. The van der Waals surface area contributed by atoms with Gasteiger partial charge in [-0.25, -0.2) is 0 Å². The van der Waals surface area contributed by atoms with Gasteiger partial charge in [0.2, 0.25) is 0 Å². The van der Waals surface area contributed by atoms with Crippen LogP contribution in [0.25, 0.3) is 0 Å². The number of aromatic nitrogens is 2. The highest BCUT2D eigenvalue weighted by Crippen LogP contribution is 2.15. The van der Waals surface area contributed by atoms with Crippen LogP contribution >= 0.6 is 11.8 Å². The Morgan fingerprint density at radius 2 is 2.00 bits per heavy atom. The number of rotatable bonds is 1. The van der Waals surface area contributed by atoms with Gasteiger partial charge in [0.15, 0.2) is 5.82 Å². The molecule has 4 heteroatoms. The highest BCUT2D eigenvalue weighted by atomic mass is 32.2. The molecule has 2 heterocycles. The Hall–Kier alpha value is -0.770. The third-order valence-corrected chi connectivity index (χ3v) is 3.06. The van der Waals surface area contributed by atoms with Crippen LogP contribution in [-0.4, -0.2) is 34.8 Å². The average molecular weight is 195 g/mol. The summed E-state index contributed by atoms with van der Waals surface area (Å²) in [6.45, 7) is 4.16. The molecule has 0 spiro atoms. The lowest BCUT2D eigenvalue weighted by Crippen LogP contribution is -2.33. The van der Waals surface area contributed by atoms with Crippen LogP contribution < -0.4 is 4.90 Å². The van der Waals surface area contributed by atoms with Crippen molar-refractivity contribution in [3.05, 3.63) is 17.8 Å². The van der Waals surface area contributed by atoms with Crippen LogP contribution in [0, 0.1) is 6.92 Å². The van der Waals surface area contributed by atoms with E-state index < -0.39 is 0 Å². The minimum Gasteiger partial charge on any atom is -0.353 e. The smallest absolute Gasteiger partial charge is 0.151 e. The first-order valence-corrected chi connectivity index (χ1v) is 5.65. The van der Waals surface area contributed by atoms with Crippen molar-refractivity contribution in [2.75, 3.05) is 29.5 Å². The van der Waals surface area contributed by atoms with Crippen LogP contribution in [0.15, 0.2) is 12.1 Å². The Bertz CT molecular complexity index is 267. The molecule has 1 aromatic heterocycles. The first-order chi connectivity index (χ1) is 6.36. The zero-order valence-electron chi connectivity index (χ0n) is 7.73. The van der Waals surface area contributed by atoms with Crippen molar-refractivity contribution >= 4 is 17.6 Å². The first kappa shape index (κ1) is 8.81. The number of hydrogen-bond donors (Lipinski definition) is 0. The van der Waals surface area contributed by atoms with E-state index in [1.54, 1.807) is 0 Å². The molecule has 1 fully saturated rings. The van der Waals surface area contributed by atoms with E-state index in [0.29, 0.717) is 0 Å². The summed E-state index contributed by atoms with van der Waals surface area (Å²) in [5.74, 6) is 3.43. The van der Waals surface area contributed by atoms with Crippen LogP contribution in [0.3, 0.4) is 0 Å². The Kier molecular flexibility index (Phi) is 2.68. The summed E-state index contributed by atoms with van der Waals surface area (Å²) < 4.78 is 0. The fourth-order valence-corrected chi connectivity index (χ4v) is 2.26. The lowest BCUT2D eigenvalue weighted by atomic mass is 10.4. The minimum atomic E-state index is 0.982. The van der Waals surface area contributed by atoms with Crippen molar-refractivity contribution in [2.45, 2.75) is 6.92 Å². The lowest BCUT2D eigenvalue weighted by molar-refractivity contribution is 0.813. The van der Waals surface area contributed by atoms with Crippen molar-refractivity contribution in [3.63, 3.8) is 0 Å². The number of nitrogens with zero attached hydrogens (tertiary/aromatic N) is 3. The van der Waals surface area contributed by atoms with Crippen molar-refractivity contribution in [3.8, 4) is 0 Å². The molecule has 0 atom stereocenters. The molecule has 13 heavy (non-hydrogen) atoms. The van der Waals surface area contributed by atoms with Gasteiger partial charge in [-0.1, -0.05) is 0 Å². The van der Waals surface area contributed by atoms with E-state index in [2.05, 4.69) is 21.2 Å². The fourth-order valence-electron chi connectivity index (χ4n) is 1.35. The van der Waals surface area contributed by atoms with E-state index in [-0.39, 0.29) is 0 Å². The first-order valence-electron chi connectivity index (χ1n) is 4.49. The predicted octanol–water partition coefficient (Wildman–Crippen LogP) is 1.34. The van der Waals surface area contributed by atoms with E-state index in [1.165, 1.54) is 11.5 Å². The number of anilines is 1. The normalized spacial score (nSPS) is 17.5. The maximum Gasteiger partial charge on any atom is 0.151 e. The van der Waals surface area contributed by atoms with Crippen LogP contribution in [0.1, 0.15) is 5.69 Å². The van der Waals surface area contributed by atoms with Gasteiger partial charge in [0.1, 0.15) is 0 Å². The monoisotopic (exact) mass is 195 g/mol. The van der Waals surface area contributed by atoms with E-state index in [9.17, 15) is 0 Å². The molecule has 1 aliphatic heterocycles. The summed E-state index contributed by atoms with van der Waals surface area (Å²) in [7, 11) is 0. The molecule has 0 radical (unpaired) electrons. The van der Waals surface area contributed by atoms with Gasteiger partial charge in [0.05, 0.1) is 5.69 Å². The van der Waals surface area contributed by atoms with Crippen LogP contribution in [-0.2, 0) is 0 Å². The third kappa shape index (κ3) is 2.12. The summed E-state index contributed by atoms with van der Waals surface area (Å²) in [6, 6.07) is 4.07. The quantitative estimate of drug-likeness (QED) is 0.676. The van der Waals surface area contributed by atoms with Crippen molar-refractivity contribution < 1.29 is 0 Å². The third-order valence-electron chi connectivity index (χ3n) is 2.12. The van der Waals surface area contributed by atoms with Crippen molar-refractivity contribution in [1.82, 2.24) is 10.2 Å². The maximum absolute atomic E-state index is 4.17. The van der Waals surface area contributed by atoms with Gasteiger partial charge in [-0.05, 0) is 19.1 Å². The predicted molar refractivity (Wildman–Crippen MR) is 56.3 cm³/mol. The van der Waals surface area contributed by atoms with Gasteiger partial charge < -0.3 is 4.90 Å². The van der Waals surface area contributed by atoms with Crippen LogP contribution in [0.2, 0.25) is 0 Å². The molecule has 0 bridgehead atoms. The van der Waals surface area contributed by atoms with Gasteiger partial charge in [0.25, 0.3) is 0 Å². The minimum absolute atomic E-state index is 0.982. The second kappa shape index (κ2) is 3.96. The second-order valence-electron chi connectivity index (χ2n) is 3.13. The summed E-state index contributed by atoms with van der Waals surface area (Å²) in [5, 5.41) is 8.22. The van der Waals surface area contributed by atoms with Crippen molar-refractivity contribution in [1.29, 1.82) is 0 Å². The van der Waals surface area contributed by atoms with E-state index in [0.717, 1.165) is 24.6 Å². The molecule has 0 unspecified atom stereocenters. The van der Waals surface area contributed by atoms with Crippen molar-refractivity contribution in [2.24, 2.45) is 0 Å². The highest BCUT2D eigenvalue weighted by Gasteiger charge is 2.11. The molecule has 2 rings (SSSR count). The number of thioether (sulfide) groups is 1. The maximum atomic E-state index is 4.17. The largest absolute Gasteiger partial charge is 0.353 e. The average Bonchev–Trinajstić information content (AvgIpc) is 2.20. The summed E-state index contributed by atoms with van der Waals surface area (Å²) >= 11 is 2.01. The summed E-state index contributed by atoms with van der Waals surface area (Å²) in [5.41, 5.74) is 0.982. The molecule has 1 saturated heterocycles. The van der Waals surface area contributed by atoms with Gasteiger partial charge in [0, 0.05) is 24.6 Å². The summed E-state index contributed by atoms with van der Waals surface area (Å²) in [6.07, 6.45) is 0. The van der Waals surface area contributed by atoms with E-state index in [4.69, 9.17) is 0 Å².